The summed E-state index contributed by atoms with van der Waals surface area (Å²) in [5, 5.41) is 0.255. The standard InChI is InChI=1S/C22H28F2NO8PS.C12H23NO.C9H16N2O2.CH2O/c1-20(2,3)18(27)30-11-32-34(29,33-12-31-19(28)21(4,5)6)22(23,24)14-7-8-15-13(9-14)10-16(35-15)17(25)26;1-10(2)11(3)6-7-12(14)13-8-4-5-9-13;1-10-6-8(7-10)9(12)11-2-4-13-5-3-11;1-2/h7-10H,11-12H2,1-6H3,(H2,25,26);10-11H,4-9H2,1-3H3;8H,2-7H2,1H3;1H2/t;11-;;/m.0../s1. The van der Waals surface area contributed by atoms with Gasteiger partial charge in [-0.2, -0.15) is 8.78 Å². The third-order valence-corrected chi connectivity index (χ3v) is 13.6. The molecule has 0 spiro atoms. The average molecular weight is 947 g/mol. The molecule has 0 bridgehead atoms. The molecule has 0 aliphatic carbocycles. The van der Waals surface area contributed by atoms with E-state index in [1.807, 2.05) is 23.6 Å². The van der Waals surface area contributed by atoms with Crippen molar-refractivity contribution in [3.8, 4) is 0 Å². The Hall–Kier alpha value is -3.87. The topological polar surface area (TPSA) is 201 Å². The Morgan fingerprint density at radius 2 is 1.38 bits per heavy atom. The number of thiophene rings is 1. The van der Waals surface area contributed by atoms with Gasteiger partial charge in [0, 0.05) is 56.0 Å². The smallest absolute Gasteiger partial charge is 0.410 e. The van der Waals surface area contributed by atoms with E-state index in [1.54, 1.807) is 0 Å². The molecule has 1 aromatic heterocycles. The van der Waals surface area contributed by atoms with Crippen LogP contribution in [0, 0.1) is 28.6 Å². The SMILES string of the molecule is C=O.CC(C)(C)C(=O)OCOP(=O)(OCOC(=O)C(C)(C)C)C(F)(F)c1ccc2sc(C(N)=O)cc2c1.CC(C)[C@@H](C)CCC(=O)N1CCCC1.CN1CC(C(=O)N2CCOCC2)C1. The van der Waals surface area contributed by atoms with Gasteiger partial charge in [0.25, 0.3) is 5.91 Å². The first-order valence-electron chi connectivity index (χ1n) is 21.3. The van der Waals surface area contributed by atoms with Crippen LogP contribution in [0.3, 0.4) is 0 Å². The Morgan fingerprint density at radius 3 is 1.83 bits per heavy atom. The number of alkyl halides is 2. The molecule has 3 fully saturated rings. The first kappa shape index (κ1) is 56.3. The van der Waals surface area contributed by atoms with E-state index in [0.29, 0.717) is 41.6 Å². The largest absolute Gasteiger partial charge is 0.438 e. The maximum absolute atomic E-state index is 15.5. The number of benzene rings is 1. The fraction of sp³-hybridized carbons (Fsp3) is 0.682. The summed E-state index contributed by atoms with van der Waals surface area (Å²) in [6.45, 7) is 22.5. The van der Waals surface area contributed by atoms with Crippen LogP contribution in [-0.2, 0) is 57.5 Å². The Labute approximate surface area is 380 Å². The number of carbonyl (C=O) groups excluding carboxylic acids is 6. The lowest BCUT2D eigenvalue weighted by atomic mass is 9.93. The zero-order valence-electron chi connectivity index (χ0n) is 39.1. The van der Waals surface area contributed by atoms with Gasteiger partial charge in [-0.05, 0) is 103 Å². The third kappa shape index (κ3) is 16.8. The van der Waals surface area contributed by atoms with Gasteiger partial charge in [-0.1, -0.05) is 26.8 Å². The summed E-state index contributed by atoms with van der Waals surface area (Å²) < 4.78 is 69.3. The summed E-state index contributed by atoms with van der Waals surface area (Å²) in [4.78, 5) is 73.1. The Kier molecular flexibility index (Phi) is 22.1. The number of nitrogens with zero attached hydrogens (tertiary/aromatic N) is 3. The van der Waals surface area contributed by atoms with E-state index >= 15 is 8.78 Å². The zero-order valence-corrected chi connectivity index (χ0v) is 40.8. The zero-order chi connectivity index (χ0) is 48.6. The van der Waals surface area contributed by atoms with Gasteiger partial charge in [0.1, 0.15) is 6.79 Å². The molecule has 362 valence electrons. The molecule has 2 N–H and O–H groups in total. The molecule has 4 heterocycles. The molecule has 0 saturated carbocycles. The number of carbonyl (C=O) groups is 6. The Morgan fingerprint density at radius 1 is 0.859 bits per heavy atom. The van der Waals surface area contributed by atoms with Crippen molar-refractivity contribution in [2.75, 3.05) is 73.1 Å². The number of morpholine rings is 1. The molecule has 3 aliphatic rings. The number of halogens is 2. The molecule has 0 radical (unpaired) electrons. The minimum absolute atomic E-state index is 0.152. The number of ether oxygens (including phenoxy) is 3. The summed E-state index contributed by atoms with van der Waals surface area (Å²) in [5.74, 6) is 0.0102. The summed E-state index contributed by atoms with van der Waals surface area (Å²) in [6.07, 6.45) is 4.20. The Bertz CT molecular complexity index is 1860. The van der Waals surface area contributed by atoms with Crippen LogP contribution < -0.4 is 5.73 Å². The van der Waals surface area contributed by atoms with Crippen LogP contribution in [0.15, 0.2) is 24.3 Å². The number of hydrogen-bond acceptors (Lipinski definition) is 14. The summed E-state index contributed by atoms with van der Waals surface area (Å²) in [6, 6.07) is 4.63. The molecule has 1 atom stereocenters. The number of likely N-dealkylation sites (tertiary alicyclic amines) is 2. The molecule has 1 aromatic carbocycles. The highest BCUT2D eigenvalue weighted by Gasteiger charge is 2.56. The van der Waals surface area contributed by atoms with E-state index in [-0.39, 0.29) is 16.2 Å². The van der Waals surface area contributed by atoms with Gasteiger partial charge in [0.15, 0.2) is 0 Å². The number of fused-ring (bicyclic) bond motifs is 1. The maximum Gasteiger partial charge on any atom is 0.410 e. The van der Waals surface area contributed by atoms with Crippen molar-refractivity contribution in [3.63, 3.8) is 0 Å². The lowest BCUT2D eigenvalue weighted by Gasteiger charge is -2.39. The minimum Gasteiger partial charge on any atom is -0.438 e. The van der Waals surface area contributed by atoms with Crippen LogP contribution in [-0.4, -0.2) is 124 Å². The molecule has 3 aliphatic heterocycles. The molecule has 20 heteroatoms. The number of hydrogen-bond donors (Lipinski definition) is 1. The van der Waals surface area contributed by atoms with Crippen molar-refractivity contribution >= 4 is 65.5 Å². The van der Waals surface area contributed by atoms with Crippen LogP contribution in [0.4, 0.5) is 8.78 Å². The first-order chi connectivity index (χ1) is 29.8. The molecule has 16 nitrogen and oxygen atoms in total. The molecule has 3 saturated heterocycles. The summed E-state index contributed by atoms with van der Waals surface area (Å²) >= 11 is 1.00. The van der Waals surface area contributed by atoms with E-state index in [1.165, 1.54) is 66.5 Å². The Balaban J connectivity index is 0.000000393. The van der Waals surface area contributed by atoms with E-state index < -0.39 is 61.1 Å². The first-order valence-corrected chi connectivity index (χ1v) is 23.7. The van der Waals surface area contributed by atoms with Crippen LogP contribution in [0.5, 0.6) is 0 Å². The monoisotopic (exact) mass is 946 g/mol. The minimum atomic E-state index is -5.43. The summed E-state index contributed by atoms with van der Waals surface area (Å²) in [5.41, 5.74) is -1.71. The quantitative estimate of drug-likeness (QED) is 0.113. The molecule has 64 heavy (non-hydrogen) atoms. The molecule has 3 amide bonds. The number of nitrogens with two attached hydrogens (primary N) is 1. The highest BCUT2D eigenvalue weighted by atomic mass is 32.1. The van der Waals surface area contributed by atoms with E-state index in [0.717, 1.165) is 75.6 Å². The van der Waals surface area contributed by atoms with Gasteiger partial charge >= 0.3 is 25.2 Å². The molecule has 2 aromatic rings. The predicted octanol–water partition coefficient (Wildman–Crippen LogP) is 7.27. The lowest BCUT2D eigenvalue weighted by molar-refractivity contribution is -0.163. The number of primary amides is 1. The third-order valence-electron chi connectivity index (χ3n) is 10.6. The van der Waals surface area contributed by atoms with Crippen molar-refractivity contribution in [1.29, 1.82) is 0 Å². The van der Waals surface area contributed by atoms with Crippen LogP contribution in [0.2, 0.25) is 0 Å². The average Bonchev–Trinajstić information content (AvgIpc) is 3.93. The van der Waals surface area contributed by atoms with E-state index in [4.69, 9.17) is 33.8 Å². The second-order valence-electron chi connectivity index (χ2n) is 18.3. The van der Waals surface area contributed by atoms with Crippen LogP contribution in [0.25, 0.3) is 10.1 Å². The molecule has 5 rings (SSSR count). The van der Waals surface area contributed by atoms with Crippen molar-refractivity contribution in [2.45, 2.75) is 93.7 Å². The van der Waals surface area contributed by atoms with Gasteiger partial charge in [0.05, 0.1) is 34.8 Å². The van der Waals surface area contributed by atoms with Gasteiger partial charge in [0.2, 0.25) is 25.4 Å². The molecule has 0 unspecified atom stereocenters. The highest BCUT2D eigenvalue weighted by molar-refractivity contribution is 7.54. The van der Waals surface area contributed by atoms with E-state index in [9.17, 15) is 28.5 Å². The molecular formula is C44H69F2N4O12PS. The lowest BCUT2D eigenvalue weighted by Crippen LogP contribution is -2.54. The maximum atomic E-state index is 15.5. The second kappa shape index (κ2) is 25.2. The highest BCUT2D eigenvalue weighted by Crippen LogP contribution is 2.67. The fourth-order valence-electron chi connectivity index (χ4n) is 6.15. The van der Waals surface area contributed by atoms with Crippen LogP contribution >= 0.6 is 18.9 Å². The predicted molar refractivity (Wildman–Crippen MR) is 239 cm³/mol. The van der Waals surface area contributed by atoms with Gasteiger partial charge in [-0.15, -0.1) is 11.3 Å². The normalized spacial score (nSPS) is 16.6. The van der Waals surface area contributed by atoms with E-state index in [2.05, 4.69) is 25.7 Å². The van der Waals surface area contributed by atoms with Crippen LogP contribution in [0.1, 0.15) is 103 Å². The van der Waals surface area contributed by atoms with Crippen molar-refractivity contribution in [3.05, 3.63) is 34.7 Å². The second-order valence-corrected chi connectivity index (χ2v) is 21.5. The molecular weight excluding hydrogens is 878 g/mol. The van der Waals surface area contributed by atoms with Crippen molar-refractivity contribution < 1.29 is 65.4 Å². The number of esters is 2. The van der Waals surface area contributed by atoms with Gasteiger partial charge in [-0.25, -0.2) is 0 Å². The number of amides is 3. The fourth-order valence-corrected chi connectivity index (χ4v) is 8.28. The van der Waals surface area contributed by atoms with Gasteiger partial charge in [-0.3, -0.25) is 37.6 Å². The number of rotatable bonds is 14. The summed E-state index contributed by atoms with van der Waals surface area (Å²) in [7, 11) is -3.38. The van der Waals surface area contributed by atoms with Gasteiger partial charge < -0.3 is 39.4 Å². The van der Waals surface area contributed by atoms with Crippen molar-refractivity contribution in [2.24, 2.45) is 34.3 Å². The van der Waals surface area contributed by atoms with Crippen molar-refractivity contribution in [1.82, 2.24) is 14.7 Å².